The first kappa shape index (κ1) is 9.71. The van der Waals surface area contributed by atoms with Crippen molar-refractivity contribution in [2.45, 2.75) is 19.4 Å². The molecule has 3 N–H and O–H groups in total. The molecular formula is C9H16N2S. The van der Waals surface area contributed by atoms with Gasteiger partial charge >= 0.3 is 0 Å². The van der Waals surface area contributed by atoms with Gasteiger partial charge in [-0.2, -0.15) is 0 Å². The molecule has 0 saturated carbocycles. The van der Waals surface area contributed by atoms with E-state index in [4.69, 9.17) is 5.73 Å². The second-order valence-electron chi connectivity index (χ2n) is 2.83. The number of hydrogen-bond acceptors (Lipinski definition) is 3. The van der Waals surface area contributed by atoms with Crippen LogP contribution in [0.4, 0.5) is 0 Å². The summed E-state index contributed by atoms with van der Waals surface area (Å²) >= 11 is 1.80. The van der Waals surface area contributed by atoms with E-state index in [9.17, 15) is 0 Å². The molecule has 0 radical (unpaired) electrons. The molecular weight excluding hydrogens is 168 g/mol. The smallest absolute Gasteiger partial charge is 0.0386 e. The van der Waals surface area contributed by atoms with Gasteiger partial charge in [-0.05, 0) is 37.9 Å². The third-order valence-corrected chi connectivity index (χ3v) is 2.86. The van der Waals surface area contributed by atoms with E-state index < -0.39 is 0 Å². The highest BCUT2D eigenvalue weighted by Crippen LogP contribution is 2.17. The van der Waals surface area contributed by atoms with Gasteiger partial charge in [0, 0.05) is 10.9 Å². The molecule has 1 atom stereocenters. The Bertz CT molecular complexity index is 196. The van der Waals surface area contributed by atoms with Crippen LogP contribution in [0, 0.1) is 0 Å². The van der Waals surface area contributed by atoms with Crippen LogP contribution in [0.1, 0.15) is 24.3 Å². The summed E-state index contributed by atoms with van der Waals surface area (Å²) in [5.41, 5.74) is 5.40. The van der Waals surface area contributed by atoms with E-state index >= 15 is 0 Å². The second-order valence-corrected chi connectivity index (χ2v) is 3.81. The van der Waals surface area contributed by atoms with Crippen molar-refractivity contribution in [3.63, 3.8) is 0 Å². The van der Waals surface area contributed by atoms with Gasteiger partial charge in [0.15, 0.2) is 0 Å². The summed E-state index contributed by atoms with van der Waals surface area (Å²) in [6.07, 6.45) is 1.05. The lowest BCUT2D eigenvalue weighted by atomic mass is 10.2. The highest BCUT2D eigenvalue weighted by Gasteiger charge is 2.03. The summed E-state index contributed by atoms with van der Waals surface area (Å²) in [6, 6.07) is 4.71. The van der Waals surface area contributed by atoms with Crippen LogP contribution >= 0.6 is 11.3 Å². The molecule has 2 nitrogen and oxygen atoms in total. The third-order valence-electron chi connectivity index (χ3n) is 1.80. The molecule has 1 unspecified atom stereocenters. The Kier molecular flexibility index (Phi) is 4.29. The van der Waals surface area contributed by atoms with E-state index in [-0.39, 0.29) is 0 Å². The van der Waals surface area contributed by atoms with Crippen LogP contribution in [0.3, 0.4) is 0 Å². The van der Waals surface area contributed by atoms with Gasteiger partial charge in [0.05, 0.1) is 0 Å². The van der Waals surface area contributed by atoms with Gasteiger partial charge in [-0.1, -0.05) is 6.07 Å². The third kappa shape index (κ3) is 2.93. The zero-order valence-corrected chi connectivity index (χ0v) is 8.23. The molecule has 0 saturated heterocycles. The van der Waals surface area contributed by atoms with Gasteiger partial charge in [0.2, 0.25) is 0 Å². The Hall–Kier alpha value is -0.380. The highest BCUT2D eigenvalue weighted by atomic mass is 32.1. The Morgan fingerprint density at radius 1 is 1.67 bits per heavy atom. The van der Waals surface area contributed by atoms with Crippen LogP contribution in [0.15, 0.2) is 17.5 Å². The minimum absolute atomic E-state index is 0.469. The van der Waals surface area contributed by atoms with E-state index in [1.165, 1.54) is 4.88 Å². The molecule has 1 aromatic rings. The van der Waals surface area contributed by atoms with Crippen molar-refractivity contribution in [1.29, 1.82) is 0 Å². The predicted octanol–water partition coefficient (Wildman–Crippen LogP) is 1.75. The number of nitrogens with one attached hydrogen (secondary N) is 1. The zero-order chi connectivity index (χ0) is 8.81. The molecule has 0 fully saturated rings. The van der Waals surface area contributed by atoms with E-state index in [2.05, 4.69) is 29.8 Å². The first-order valence-corrected chi connectivity index (χ1v) is 5.19. The maximum Gasteiger partial charge on any atom is 0.0386 e. The SMILES string of the molecule is CC(NCCCN)c1cccs1. The molecule has 12 heavy (non-hydrogen) atoms. The van der Waals surface area contributed by atoms with E-state index in [1.54, 1.807) is 11.3 Å². The summed E-state index contributed by atoms with van der Waals surface area (Å²) in [6.45, 7) is 3.96. The fraction of sp³-hybridized carbons (Fsp3) is 0.556. The van der Waals surface area contributed by atoms with Gasteiger partial charge in [-0.25, -0.2) is 0 Å². The molecule has 0 aliphatic carbocycles. The van der Waals surface area contributed by atoms with Crippen molar-refractivity contribution in [3.05, 3.63) is 22.4 Å². The van der Waals surface area contributed by atoms with Crippen molar-refractivity contribution < 1.29 is 0 Å². The van der Waals surface area contributed by atoms with Crippen molar-refractivity contribution in [3.8, 4) is 0 Å². The molecule has 1 rings (SSSR count). The Morgan fingerprint density at radius 3 is 3.08 bits per heavy atom. The fourth-order valence-electron chi connectivity index (χ4n) is 1.06. The average Bonchev–Trinajstić information content (AvgIpc) is 2.56. The lowest BCUT2D eigenvalue weighted by Crippen LogP contribution is -2.21. The Balaban J connectivity index is 2.25. The molecule has 0 aromatic carbocycles. The summed E-state index contributed by atoms with van der Waals surface area (Å²) in [7, 11) is 0. The minimum atomic E-state index is 0.469. The van der Waals surface area contributed by atoms with Gasteiger partial charge in [-0.3, -0.25) is 0 Å². The molecule has 0 amide bonds. The standard InChI is InChI=1S/C9H16N2S/c1-8(11-6-3-5-10)9-4-2-7-12-9/h2,4,7-8,11H,3,5-6,10H2,1H3. The van der Waals surface area contributed by atoms with E-state index in [0.29, 0.717) is 6.04 Å². The van der Waals surface area contributed by atoms with Crippen LogP contribution in [0.25, 0.3) is 0 Å². The molecule has 0 bridgehead atoms. The van der Waals surface area contributed by atoms with Crippen molar-refractivity contribution in [1.82, 2.24) is 5.32 Å². The lowest BCUT2D eigenvalue weighted by Gasteiger charge is -2.10. The summed E-state index contributed by atoms with van der Waals surface area (Å²) in [5.74, 6) is 0. The number of thiophene rings is 1. The maximum atomic E-state index is 5.40. The Labute approximate surface area is 77.8 Å². The fourth-order valence-corrected chi connectivity index (χ4v) is 1.82. The van der Waals surface area contributed by atoms with Gasteiger partial charge in [0.25, 0.3) is 0 Å². The van der Waals surface area contributed by atoms with E-state index in [1.807, 2.05) is 0 Å². The predicted molar refractivity (Wildman–Crippen MR) is 54.4 cm³/mol. The first-order valence-electron chi connectivity index (χ1n) is 4.31. The molecule has 0 spiro atoms. The van der Waals surface area contributed by atoms with Gasteiger partial charge < -0.3 is 11.1 Å². The quantitative estimate of drug-likeness (QED) is 0.684. The van der Waals surface area contributed by atoms with Gasteiger partial charge in [0.1, 0.15) is 0 Å². The normalized spacial score (nSPS) is 13.2. The highest BCUT2D eigenvalue weighted by molar-refractivity contribution is 7.10. The maximum absolute atomic E-state index is 5.40. The first-order chi connectivity index (χ1) is 5.84. The minimum Gasteiger partial charge on any atom is -0.330 e. The van der Waals surface area contributed by atoms with Crippen LogP contribution in [-0.4, -0.2) is 13.1 Å². The second kappa shape index (κ2) is 5.30. The van der Waals surface area contributed by atoms with E-state index in [0.717, 1.165) is 19.5 Å². The van der Waals surface area contributed by atoms with Crippen molar-refractivity contribution >= 4 is 11.3 Å². The lowest BCUT2D eigenvalue weighted by molar-refractivity contribution is 0.569. The topological polar surface area (TPSA) is 38.0 Å². The zero-order valence-electron chi connectivity index (χ0n) is 7.42. The van der Waals surface area contributed by atoms with Crippen LogP contribution in [-0.2, 0) is 0 Å². The summed E-state index contributed by atoms with van der Waals surface area (Å²) in [5, 5.41) is 5.52. The van der Waals surface area contributed by atoms with Crippen molar-refractivity contribution in [2.24, 2.45) is 5.73 Å². The number of rotatable bonds is 5. The largest absolute Gasteiger partial charge is 0.330 e. The Morgan fingerprint density at radius 2 is 2.50 bits per heavy atom. The average molecular weight is 184 g/mol. The molecule has 68 valence electrons. The molecule has 0 aliphatic rings. The van der Waals surface area contributed by atoms with Crippen LogP contribution in [0.5, 0.6) is 0 Å². The molecule has 1 heterocycles. The summed E-state index contributed by atoms with van der Waals surface area (Å²) < 4.78 is 0. The molecule has 3 heteroatoms. The van der Waals surface area contributed by atoms with Crippen molar-refractivity contribution in [2.75, 3.05) is 13.1 Å². The molecule has 0 aliphatic heterocycles. The monoisotopic (exact) mass is 184 g/mol. The van der Waals surface area contributed by atoms with Crippen LogP contribution in [0.2, 0.25) is 0 Å². The summed E-state index contributed by atoms with van der Waals surface area (Å²) in [4.78, 5) is 1.40. The van der Waals surface area contributed by atoms with Crippen LogP contribution < -0.4 is 11.1 Å². The van der Waals surface area contributed by atoms with Gasteiger partial charge in [-0.15, -0.1) is 11.3 Å². The molecule has 1 aromatic heterocycles. The number of hydrogen-bond donors (Lipinski definition) is 2. The number of nitrogens with two attached hydrogens (primary N) is 1.